The van der Waals surface area contributed by atoms with E-state index in [-0.39, 0.29) is 11.3 Å². The first kappa shape index (κ1) is 19.2. The number of imidazole rings is 1. The summed E-state index contributed by atoms with van der Waals surface area (Å²) in [6, 6.07) is 1.83. The average Bonchev–Trinajstić information content (AvgIpc) is 3.34. The van der Waals surface area contributed by atoms with Crippen molar-refractivity contribution < 1.29 is 13.6 Å². The van der Waals surface area contributed by atoms with Crippen molar-refractivity contribution in [2.45, 2.75) is 25.7 Å². The summed E-state index contributed by atoms with van der Waals surface area (Å²) in [5.74, 6) is 1.21. The normalized spacial score (nSPS) is 22.0. The van der Waals surface area contributed by atoms with Crippen LogP contribution in [-0.4, -0.2) is 57.6 Å². The standard InChI is InChI=1S/C19H21F2N7O/c20-17(21)12(22)2-3-15-24-9-14(27-15)13-8-16(26-11-25-13)28-7-1-4-19(10-28)5-6-23-18(19)29/h2-3,8-9,11,17,22H,1,4-7,10H2,(H,23,29)(H,24,27)/b3-2-,22-12?. The van der Waals surface area contributed by atoms with E-state index in [0.717, 1.165) is 44.2 Å². The number of carbonyl (C=O) groups excluding carboxylic acids is 1. The molecule has 2 aromatic heterocycles. The number of halogens is 2. The molecule has 1 unspecified atom stereocenters. The molecule has 152 valence electrons. The Morgan fingerprint density at radius 1 is 1.31 bits per heavy atom. The van der Waals surface area contributed by atoms with Gasteiger partial charge >= 0.3 is 0 Å². The number of hydrogen-bond donors (Lipinski definition) is 3. The summed E-state index contributed by atoms with van der Waals surface area (Å²) in [4.78, 5) is 30.2. The van der Waals surface area contributed by atoms with Gasteiger partial charge in [0.2, 0.25) is 5.91 Å². The highest BCUT2D eigenvalue weighted by Gasteiger charge is 2.45. The molecular weight excluding hydrogens is 380 g/mol. The van der Waals surface area contributed by atoms with E-state index in [1.807, 2.05) is 6.07 Å². The van der Waals surface area contributed by atoms with Gasteiger partial charge in [0.15, 0.2) is 0 Å². The summed E-state index contributed by atoms with van der Waals surface area (Å²) in [5.41, 5.74) is 0.107. The van der Waals surface area contributed by atoms with E-state index in [2.05, 4.69) is 30.2 Å². The van der Waals surface area contributed by atoms with Gasteiger partial charge in [0.1, 0.15) is 18.0 Å². The Bertz CT molecular complexity index is 958. The van der Waals surface area contributed by atoms with Crippen molar-refractivity contribution in [3.8, 4) is 11.4 Å². The number of allylic oxidation sites excluding steroid dienone is 1. The molecule has 1 spiro atoms. The van der Waals surface area contributed by atoms with E-state index < -0.39 is 12.1 Å². The lowest BCUT2D eigenvalue weighted by atomic mass is 9.78. The highest BCUT2D eigenvalue weighted by atomic mass is 19.3. The van der Waals surface area contributed by atoms with E-state index in [9.17, 15) is 13.6 Å². The van der Waals surface area contributed by atoms with Crippen LogP contribution < -0.4 is 10.2 Å². The molecule has 2 aliphatic rings. The molecular formula is C19H21F2N7O. The first-order valence-electron chi connectivity index (χ1n) is 9.42. The Kier molecular flexibility index (Phi) is 5.08. The number of anilines is 1. The number of carbonyl (C=O) groups is 1. The Morgan fingerprint density at radius 2 is 2.17 bits per heavy atom. The maximum absolute atomic E-state index is 12.4. The summed E-state index contributed by atoms with van der Waals surface area (Å²) in [6.45, 7) is 2.16. The Morgan fingerprint density at radius 3 is 2.93 bits per heavy atom. The van der Waals surface area contributed by atoms with Gasteiger partial charge in [-0.15, -0.1) is 0 Å². The number of H-pyrrole nitrogens is 1. The van der Waals surface area contributed by atoms with Crippen molar-refractivity contribution in [3.63, 3.8) is 0 Å². The van der Waals surface area contributed by atoms with Gasteiger partial charge in [-0.1, -0.05) is 0 Å². The second kappa shape index (κ2) is 7.69. The fourth-order valence-corrected chi connectivity index (χ4v) is 3.89. The molecule has 10 heteroatoms. The number of piperidine rings is 1. The predicted molar refractivity (Wildman–Crippen MR) is 104 cm³/mol. The highest BCUT2D eigenvalue weighted by Crippen LogP contribution is 2.38. The van der Waals surface area contributed by atoms with E-state index in [1.165, 1.54) is 12.4 Å². The van der Waals surface area contributed by atoms with Crippen LogP contribution in [0.3, 0.4) is 0 Å². The summed E-state index contributed by atoms with van der Waals surface area (Å²) < 4.78 is 24.8. The minimum atomic E-state index is -2.82. The molecule has 0 aromatic carbocycles. The molecule has 4 heterocycles. The second-order valence-electron chi connectivity index (χ2n) is 7.34. The lowest BCUT2D eigenvalue weighted by Gasteiger charge is -2.39. The SMILES string of the molecule is N=C(/C=C\c1ncc(-c2cc(N3CCCC4(CCNC4=O)C3)ncn2)[nH]1)C(F)F. The second-order valence-corrected chi connectivity index (χ2v) is 7.34. The minimum absolute atomic E-state index is 0.121. The number of alkyl halides is 2. The summed E-state index contributed by atoms with van der Waals surface area (Å²) in [6.07, 6.45) is 5.18. The molecule has 1 atom stereocenters. The number of nitrogens with zero attached hydrogens (tertiary/aromatic N) is 4. The molecule has 2 aliphatic heterocycles. The van der Waals surface area contributed by atoms with Crippen molar-refractivity contribution in [2.24, 2.45) is 5.41 Å². The van der Waals surface area contributed by atoms with Crippen LogP contribution in [0.25, 0.3) is 17.5 Å². The predicted octanol–water partition coefficient (Wildman–Crippen LogP) is 2.27. The highest BCUT2D eigenvalue weighted by molar-refractivity contribution is 5.97. The van der Waals surface area contributed by atoms with E-state index >= 15 is 0 Å². The third-order valence-electron chi connectivity index (χ3n) is 5.45. The Hall–Kier alpha value is -3.17. The van der Waals surface area contributed by atoms with Gasteiger partial charge in [0.05, 0.1) is 28.7 Å². The largest absolute Gasteiger partial charge is 0.356 e. The third kappa shape index (κ3) is 3.87. The van der Waals surface area contributed by atoms with Crippen molar-refractivity contribution in [3.05, 3.63) is 30.5 Å². The van der Waals surface area contributed by atoms with Crippen LogP contribution in [0.15, 0.2) is 24.7 Å². The maximum atomic E-state index is 12.4. The molecule has 29 heavy (non-hydrogen) atoms. The molecule has 0 saturated carbocycles. The molecule has 0 bridgehead atoms. The molecule has 8 nitrogen and oxygen atoms in total. The topological polar surface area (TPSA) is 111 Å². The van der Waals surface area contributed by atoms with Crippen LogP contribution in [-0.2, 0) is 4.79 Å². The van der Waals surface area contributed by atoms with E-state index in [4.69, 9.17) is 5.41 Å². The quantitative estimate of drug-likeness (QED) is 0.666. The fourth-order valence-electron chi connectivity index (χ4n) is 3.89. The van der Waals surface area contributed by atoms with Crippen molar-refractivity contribution in [1.29, 1.82) is 5.41 Å². The molecule has 2 fully saturated rings. The number of nitrogens with one attached hydrogen (secondary N) is 3. The lowest BCUT2D eigenvalue weighted by molar-refractivity contribution is -0.128. The van der Waals surface area contributed by atoms with Gasteiger partial charge < -0.3 is 15.2 Å². The molecule has 1 amide bonds. The maximum Gasteiger partial charge on any atom is 0.279 e. The monoisotopic (exact) mass is 401 g/mol. The van der Waals surface area contributed by atoms with Crippen LogP contribution in [0.4, 0.5) is 14.6 Å². The lowest BCUT2D eigenvalue weighted by Crippen LogP contribution is -2.47. The van der Waals surface area contributed by atoms with Crippen LogP contribution in [0.1, 0.15) is 25.1 Å². The number of aromatic amines is 1. The zero-order chi connectivity index (χ0) is 20.4. The van der Waals surface area contributed by atoms with Crippen molar-refractivity contribution in [2.75, 3.05) is 24.5 Å². The molecule has 3 N–H and O–H groups in total. The van der Waals surface area contributed by atoms with Gasteiger partial charge in [-0.2, -0.15) is 0 Å². The summed E-state index contributed by atoms with van der Waals surface area (Å²) >= 11 is 0. The zero-order valence-corrected chi connectivity index (χ0v) is 15.7. The van der Waals surface area contributed by atoms with Gasteiger partial charge in [0, 0.05) is 25.7 Å². The molecule has 4 rings (SSSR count). The summed E-state index contributed by atoms with van der Waals surface area (Å²) in [5, 5.41) is 10.1. The van der Waals surface area contributed by atoms with E-state index in [1.54, 1.807) is 6.20 Å². The van der Waals surface area contributed by atoms with Crippen molar-refractivity contribution >= 4 is 23.5 Å². The number of aromatic nitrogens is 4. The first-order chi connectivity index (χ1) is 14.0. The molecule has 0 radical (unpaired) electrons. The van der Waals surface area contributed by atoms with Crippen LogP contribution in [0.2, 0.25) is 0 Å². The number of rotatable bonds is 5. The van der Waals surface area contributed by atoms with Crippen LogP contribution in [0, 0.1) is 10.8 Å². The van der Waals surface area contributed by atoms with Gasteiger partial charge in [-0.05, 0) is 31.4 Å². The van der Waals surface area contributed by atoms with Gasteiger partial charge in [0.25, 0.3) is 6.43 Å². The third-order valence-corrected chi connectivity index (χ3v) is 5.45. The van der Waals surface area contributed by atoms with Crippen molar-refractivity contribution in [1.82, 2.24) is 25.3 Å². The minimum Gasteiger partial charge on any atom is -0.356 e. The Labute approximate surface area is 166 Å². The number of hydrogen-bond acceptors (Lipinski definition) is 6. The van der Waals surface area contributed by atoms with Crippen LogP contribution >= 0.6 is 0 Å². The van der Waals surface area contributed by atoms with Crippen LogP contribution in [0.5, 0.6) is 0 Å². The molecule has 2 aromatic rings. The van der Waals surface area contributed by atoms with E-state index in [0.29, 0.717) is 23.8 Å². The van der Waals surface area contributed by atoms with Gasteiger partial charge in [-0.25, -0.2) is 23.7 Å². The zero-order valence-electron chi connectivity index (χ0n) is 15.7. The summed E-state index contributed by atoms with van der Waals surface area (Å²) in [7, 11) is 0. The Balaban J connectivity index is 1.52. The molecule has 0 aliphatic carbocycles. The number of amides is 1. The smallest absolute Gasteiger partial charge is 0.279 e. The average molecular weight is 401 g/mol. The first-order valence-corrected chi connectivity index (χ1v) is 9.42. The van der Waals surface area contributed by atoms with Gasteiger partial charge in [-0.3, -0.25) is 10.2 Å². The fraction of sp³-hybridized carbons (Fsp3) is 0.421. The molecule has 2 saturated heterocycles.